The highest BCUT2D eigenvalue weighted by Crippen LogP contribution is 2.23. The van der Waals surface area contributed by atoms with Gasteiger partial charge >= 0.3 is 0 Å². The summed E-state index contributed by atoms with van der Waals surface area (Å²) in [7, 11) is -3.02. The van der Waals surface area contributed by atoms with Crippen molar-refractivity contribution in [2.45, 2.75) is 32.1 Å². The van der Waals surface area contributed by atoms with E-state index in [2.05, 4.69) is 10.2 Å². The van der Waals surface area contributed by atoms with Crippen LogP contribution in [0.3, 0.4) is 0 Å². The molecule has 1 atom stereocenters. The minimum absolute atomic E-state index is 0.0231. The lowest BCUT2D eigenvalue weighted by Gasteiger charge is -2.23. The second-order valence-corrected chi connectivity index (χ2v) is 8.77. The quantitative estimate of drug-likeness (QED) is 0.921. The molecule has 2 fully saturated rings. The third-order valence-corrected chi connectivity index (χ3v) is 6.48. The van der Waals surface area contributed by atoms with Crippen LogP contribution in [0.2, 0.25) is 0 Å². The van der Waals surface area contributed by atoms with Gasteiger partial charge in [0.25, 0.3) is 0 Å². The Balaban J connectivity index is 1.60. The van der Waals surface area contributed by atoms with Gasteiger partial charge in [-0.2, -0.15) is 0 Å². The second kappa shape index (κ2) is 6.91. The lowest BCUT2D eigenvalue weighted by atomic mass is 10.1. The predicted octanol–water partition coefficient (Wildman–Crippen LogP) is 2.44. The van der Waals surface area contributed by atoms with Gasteiger partial charge in [-0.25, -0.2) is 8.42 Å². The molecule has 2 saturated heterocycles. The summed E-state index contributed by atoms with van der Waals surface area (Å²) in [6.07, 6.45) is 5.49. The minimum Gasteiger partial charge on any atom is -0.372 e. The molecule has 126 valence electrons. The normalized spacial score (nSPS) is 24.2. The summed E-state index contributed by atoms with van der Waals surface area (Å²) in [5, 5.41) is 2.84. The monoisotopic (exact) mass is 336 g/mol. The third kappa shape index (κ3) is 4.25. The number of benzene rings is 1. The standard InChI is InChI=1S/C17H24N2O3S/c20-17(14-9-12-23(21,22)13-14)18-15-5-7-16(8-6-15)19-10-3-1-2-4-11-19/h5-8,14H,1-4,9-13H2,(H,18,20). The van der Waals surface area contributed by atoms with Crippen LogP contribution in [0.15, 0.2) is 24.3 Å². The van der Waals surface area contributed by atoms with E-state index in [1.807, 2.05) is 24.3 Å². The number of carbonyl (C=O) groups is 1. The summed E-state index contributed by atoms with van der Waals surface area (Å²) in [6, 6.07) is 7.88. The number of amides is 1. The molecule has 0 saturated carbocycles. The summed E-state index contributed by atoms with van der Waals surface area (Å²) < 4.78 is 22.9. The van der Waals surface area contributed by atoms with Crippen LogP contribution in [0.4, 0.5) is 11.4 Å². The van der Waals surface area contributed by atoms with E-state index in [0.717, 1.165) is 18.8 Å². The third-order valence-electron chi connectivity index (χ3n) is 4.71. The van der Waals surface area contributed by atoms with Crippen LogP contribution in [0, 0.1) is 5.92 Å². The summed E-state index contributed by atoms with van der Waals surface area (Å²) in [4.78, 5) is 14.5. The number of rotatable bonds is 3. The van der Waals surface area contributed by atoms with Crippen molar-refractivity contribution in [1.29, 1.82) is 0 Å². The molecular formula is C17H24N2O3S. The summed E-state index contributed by atoms with van der Waals surface area (Å²) >= 11 is 0. The largest absolute Gasteiger partial charge is 0.372 e. The Labute approximate surface area is 138 Å². The maximum atomic E-state index is 12.1. The molecule has 5 nitrogen and oxygen atoms in total. The fourth-order valence-corrected chi connectivity index (χ4v) is 5.07. The summed E-state index contributed by atoms with van der Waals surface area (Å²) in [6.45, 7) is 2.18. The molecule has 2 aliphatic rings. The topological polar surface area (TPSA) is 66.5 Å². The van der Waals surface area contributed by atoms with E-state index in [-0.39, 0.29) is 17.4 Å². The maximum Gasteiger partial charge on any atom is 0.228 e. The van der Waals surface area contributed by atoms with Crippen LogP contribution < -0.4 is 10.2 Å². The predicted molar refractivity (Wildman–Crippen MR) is 92.5 cm³/mol. The van der Waals surface area contributed by atoms with Gasteiger partial charge < -0.3 is 10.2 Å². The van der Waals surface area contributed by atoms with Crippen molar-refractivity contribution >= 4 is 27.1 Å². The number of nitrogens with one attached hydrogen (secondary N) is 1. The van der Waals surface area contributed by atoms with E-state index in [9.17, 15) is 13.2 Å². The Bertz CT molecular complexity index is 647. The molecule has 2 heterocycles. The number of sulfone groups is 1. The van der Waals surface area contributed by atoms with Gasteiger partial charge in [-0.1, -0.05) is 12.8 Å². The van der Waals surface area contributed by atoms with Gasteiger partial charge in [0.2, 0.25) is 5.91 Å². The molecule has 1 aromatic rings. The molecule has 0 bridgehead atoms. The summed E-state index contributed by atoms with van der Waals surface area (Å²) in [5.74, 6) is -0.497. The fraction of sp³-hybridized carbons (Fsp3) is 0.588. The Kier molecular flexibility index (Phi) is 4.90. The molecule has 0 aliphatic carbocycles. The number of nitrogens with zero attached hydrogens (tertiary/aromatic N) is 1. The first-order chi connectivity index (χ1) is 11.0. The first kappa shape index (κ1) is 16.3. The van der Waals surface area contributed by atoms with Crippen molar-refractivity contribution in [3.05, 3.63) is 24.3 Å². The summed E-state index contributed by atoms with van der Waals surface area (Å²) in [5.41, 5.74) is 1.92. The Morgan fingerprint density at radius 1 is 1.04 bits per heavy atom. The van der Waals surface area contributed by atoms with Gasteiger partial charge in [-0.3, -0.25) is 4.79 Å². The molecular weight excluding hydrogens is 312 g/mol. The average Bonchev–Trinajstić information content (AvgIpc) is 2.75. The first-order valence-corrected chi connectivity index (χ1v) is 10.2. The molecule has 0 aromatic heterocycles. The highest BCUT2D eigenvalue weighted by atomic mass is 32.2. The Morgan fingerprint density at radius 3 is 2.26 bits per heavy atom. The molecule has 3 rings (SSSR count). The van der Waals surface area contributed by atoms with Gasteiger partial charge in [0, 0.05) is 24.5 Å². The molecule has 1 unspecified atom stereocenters. The Hall–Kier alpha value is -1.56. The van der Waals surface area contributed by atoms with Crippen LogP contribution in [0.1, 0.15) is 32.1 Å². The van der Waals surface area contributed by atoms with Gasteiger partial charge in [-0.15, -0.1) is 0 Å². The highest BCUT2D eigenvalue weighted by molar-refractivity contribution is 7.91. The van der Waals surface area contributed by atoms with Crippen molar-refractivity contribution in [1.82, 2.24) is 0 Å². The van der Waals surface area contributed by atoms with Crippen LogP contribution >= 0.6 is 0 Å². The van der Waals surface area contributed by atoms with Gasteiger partial charge in [0.1, 0.15) is 0 Å². The zero-order chi connectivity index (χ0) is 16.3. The molecule has 1 aromatic carbocycles. The number of hydrogen-bond donors (Lipinski definition) is 1. The van der Waals surface area contributed by atoms with Crippen molar-refractivity contribution in [3.63, 3.8) is 0 Å². The van der Waals surface area contributed by atoms with Crippen LogP contribution in [-0.2, 0) is 14.6 Å². The van der Waals surface area contributed by atoms with Crippen LogP contribution in [0.5, 0.6) is 0 Å². The SMILES string of the molecule is O=C(Nc1ccc(N2CCCCCC2)cc1)C1CCS(=O)(=O)C1. The van der Waals surface area contributed by atoms with E-state index in [1.165, 1.54) is 31.4 Å². The van der Waals surface area contributed by atoms with Crippen LogP contribution in [0.25, 0.3) is 0 Å². The molecule has 6 heteroatoms. The van der Waals surface area contributed by atoms with E-state index >= 15 is 0 Å². The van der Waals surface area contributed by atoms with Crippen molar-refractivity contribution < 1.29 is 13.2 Å². The number of carbonyl (C=O) groups excluding carboxylic acids is 1. The van der Waals surface area contributed by atoms with E-state index in [4.69, 9.17) is 0 Å². The van der Waals surface area contributed by atoms with E-state index in [1.54, 1.807) is 0 Å². The smallest absolute Gasteiger partial charge is 0.228 e. The molecule has 23 heavy (non-hydrogen) atoms. The zero-order valence-electron chi connectivity index (χ0n) is 13.3. The van der Waals surface area contributed by atoms with Crippen molar-refractivity contribution in [2.24, 2.45) is 5.92 Å². The first-order valence-electron chi connectivity index (χ1n) is 8.40. The van der Waals surface area contributed by atoms with Gasteiger partial charge in [-0.05, 0) is 43.5 Å². The molecule has 0 radical (unpaired) electrons. The minimum atomic E-state index is -3.02. The molecule has 2 aliphatic heterocycles. The van der Waals surface area contributed by atoms with Gasteiger partial charge in [0.05, 0.1) is 17.4 Å². The van der Waals surface area contributed by atoms with Gasteiger partial charge in [0.15, 0.2) is 9.84 Å². The zero-order valence-corrected chi connectivity index (χ0v) is 14.1. The van der Waals surface area contributed by atoms with E-state index in [0.29, 0.717) is 6.42 Å². The average molecular weight is 336 g/mol. The van der Waals surface area contributed by atoms with E-state index < -0.39 is 15.8 Å². The second-order valence-electron chi connectivity index (χ2n) is 6.54. The maximum absolute atomic E-state index is 12.1. The number of anilines is 2. The molecule has 0 spiro atoms. The molecule has 1 amide bonds. The Morgan fingerprint density at radius 2 is 1.70 bits per heavy atom. The fourth-order valence-electron chi connectivity index (χ4n) is 3.33. The van der Waals surface area contributed by atoms with Crippen LogP contribution in [-0.4, -0.2) is 38.9 Å². The number of hydrogen-bond acceptors (Lipinski definition) is 4. The highest BCUT2D eigenvalue weighted by Gasteiger charge is 2.32. The lowest BCUT2D eigenvalue weighted by molar-refractivity contribution is -0.119. The van der Waals surface area contributed by atoms with Crippen molar-refractivity contribution in [3.8, 4) is 0 Å². The van der Waals surface area contributed by atoms with Crippen molar-refractivity contribution in [2.75, 3.05) is 34.8 Å². The molecule has 1 N–H and O–H groups in total. The lowest BCUT2D eigenvalue weighted by Crippen LogP contribution is -2.24.